The van der Waals surface area contributed by atoms with Gasteiger partial charge in [-0.1, -0.05) is 12.1 Å². The smallest absolute Gasteiger partial charge is 0.410 e. The maximum absolute atomic E-state index is 12.5. The zero-order valence-corrected chi connectivity index (χ0v) is 16.3. The van der Waals surface area contributed by atoms with Crippen LogP contribution in [0, 0.1) is 6.92 Å². The number of ether oxygens (including phenoxy) is 1. The normalized spacial score (nSPS) is 14.3. The molecule has 5 heteroatoms. The molecule has 0 saturated heterocycles. The second-order valence-corrected chi connectivity index (χ2v) is 8.18. The van der Waals surface area contributed by atoms with E-state index in [9.17, 15) is 4.79 Å². The first kappa shape index (κ1) is 17.6. The lowest BCUT2D eigenvalue weighted by Gasteiger charge is -2.30. The maximum Gasteiger partial charge on any atom is 0.410 e. The topological polar surface area (TPSA) is 58.2 Å². The number of nitrogens with zero attached hydrogens (tertiary/aromatic N) is 2. The van der Waals surface area contributed by atoms with Crippen molar-refractivity contribution in [2.24, 2.45) is 0 Å². The van der Waals surface area contributed by atoms with Crippen molar-refractivity contribution in [2.45, 2.75) is 46.3 Å². The van der Waals surface area contributed by atoms with Crippen LogP contribution in [0.2, 0.25) is 0 Å². The summed E-state index contributed by atoms with van der Waals surface area (Å²) in [5.74, 6) is 0. The Bertz CT molecular complexity index is 997. The predicted molar refractivity (Wildman–Crippen MR) is 107 cm³/mol. The fraction of sp³-hybridized carbons (Fsp3) is 0.364. The van der Waals surface area contributed by atoms with Crippen LogP contribution >= 0.6 is 0 Å². The summed E-state index contributed by atoms with van der Waals surface area (Å²) in [7, 11) is 0. The third-order valence-corrected chi connectivity index (χ3v) is 4.87. The molecule has 1 N–H and O–H groups in total. The Morgan fingerprint density at radius 1 is 1.19 bits per heavy atom. The molecule has 3 heterocycles. The Morgan fingerprint density at radius 3 is 2.67 bits per heavy atom. The Morgan fingerprint density at radius 2 is 1.96 bits per heavy atom. The van der Waals surface area contributed by atoms with Gasteiger partial charge in [-0.05, 0) is 51.5 Å². The van der Waals surface area contributed by atoms with E-state index < -0.39 is 5.60 Å². The molecule has 1 aliphatic heterocycles. The van der Waals surface area contributed by atoms with E-state index in [1.165, 1.54) is 11.3 Å². The number of aryl methyl sites for hydroxylation is 1. The summed E-state index contributed by atoms with van der Waals surface area (Å²) in [5.41, 5.74) is 6.25. The van der Waals surface area contributed by atoms with Gasteiger partial charge in [0.25, 0.3) is 0 Å². The van der Waals surface area contributed by atoms with Crippen LogP contribution in [-0.2, 0) is 17.7 Å². The molecule has 1 aliphatic rings. The van der Waals surface area contributed by atoms with E-state index in [1.807, 2.05) is 40.0 Å². The number of amides is 1. The number of benzene rings is 1. The molecule has 3 aromatic rings. The molecule has 0 saturated carbocycles. The lowest BCUT2D eigenvalue weighted by atomic mass is 10.0. The van der Waals surface area contributed by atoms with Crippen LogP contribution in [0.1, 0.15) is 37.7 Å². The average Bonchev–Trinajstić information content (AvgIpc) is 2.98. The number of pyridine rings is 1. The molecule has 2 aromatic heterocycles. The molecule has 1 aromatic carbocycles. The monoisotopic (exact) mass is 363 g/mol. The number of aromatic amines is 1. The zero-order valence-electron chi connectivity index (χ0n) is 16.3. The largest absolute Gasteiger partial charge is 0.444 e. The highest BCUT2D eigenvalue weighted by atomic mass is 16.6. The predicted octanol–water partition coefficient (Wildman–Crippen LogP) is 4.83. The highest BCUT2D eigenvalue weighted by Gasteiger charge is 2.27. The van der Waals surface area contributed by atoms with E-state index in [4.69, 9.17) is 4.74 Å². The van der Waals surface area contributed by atoms with Crippen LogP contribution in [0.15, 0.2) is 36.5 Å². The molecule has 0 atom stereocenters. The second kappa shape index (κ2) is 6.41. The van der Waals surface area contributed by atoms with E-state index in [0.29, 0.717) is 13.1 Å². The van der Waals surface area contributed by atoms with Crippen molar-refractivity contribution in [3.8, 4) is 11.1 Å². The Hall–Kier alpha value is -2.82. The zero-order chi connectivity index (χ0) is 19.2. The maximum atomic E-state index is 12.5. The van der Waals surface area contributed by atoms with Gasteiger partial charge in [-0.2, -0.15) is 0 Å². The number of fused-ring (bicyclic) bond motifs is 3. The number of carbonyl (C=O) groups excluding carboxylic acids is 1. The van der Waals surface area contributed by atoms with Crippen molar-refractivity contribution >= 4 is 17.0 Å². The minimum Gasteiger partial charge on any atom is -0.444 e. The molecule has 0 radical (unpaired) electrons. The summed E-state index contributed by atoms with van der Waals surface area (Å²) in [6.45, 7) is 8.92. The molecular formula is C22H25N3O2. The number of H-pyrrole nitrogens is 1. The Kier molecular flexibility index (Phi) is 4.17. The van der Waals surface area contributed by atoms with Gasteiger partial charge in [0.15, 0.2) is 0 Å². The average molecular weight is 363 g/mol. The minimum atomic E-state index is -0.483. The van der Waals surface area contributed by atoms with Crippen molar-refractivity contribution < 1.29 is 9.53 Å². The first-order valence-electron chi connectivity index (χ1n) is 9.34. The summed E-state index contributed by atoms with van der Waals surface area (Å²) >= 11 is 0. The Labute approximate surface area is 159 Å². The van der Waals surface area contributed by atoms with Gasteiger partial charge in [-0.15, -0.1) is 0 Å². The van der Waals surface area contributed by atoms with Crippen LogP contribution in [0.4, 0.5) is 4.79 Å². The summed E-state index contributed by atoms with van der Waals surface area (Å²) in [5, 5.41) is 1.16. The molecule has 140 valence electrons. The number of rotatable bonds is 1. The van der Waals surface area contributed by atoms with E-state index in [-0.39, 0.29) is 6.09 Å². The Balaban J connectivity index is 1.67. The molecule has 1 amide bonds. The number of hydrogen-bond donors (Lipinski definition) is 1. The molecule has 0 fully saturated rings. The number of carbonyl (C=O) groups is 1. The molecular weight excluding hydrogens is 338 g/mol. The van der Waals surface area contributed by atoms with Crippen LogP contribution in [-0.4, -0.2) is 33.1 Å². The van der Waals surface area contributed by atoms with Crippen molar-refractivity contribution in [1.29, 1.82) is 0 Å². The van der Waals surface area contributed by atoms with Crippen molar-refractivity contribution in [3.05, 3.63) is 53.5 Å². The highest BCUT2D eigenvalue weighted by Crippen LogP contribution is 2.32. The van der Waals surface area contributed by atoms with Crippen LogP contribution in [0.25, 0.3) is 22.0 Å². The highest BCUT2D eigenvalue weighted by molar-refractivity contribution is 5.89. The molecule has 27 heavy (non-hydrogen) atoms. The van der Waals surface area contributed by atoms with E-state index in [0.717, 1.165) is 34.1 Å². The van der Waals surface area contributed by atoms with E-state index >= 15 is 0 Å². The van der Waals surface area contributed by atoms with Gasteiger partial charge in [0.1, 0.15) is 5.60 Å². The lowest BCUT2D eigenvalue weighted by molar-refractivity contribution is 0.0224. The third kappa shape index (κ3) is 3.54. The second-order valence-electron chi connectivity index (χ2n) is 8.18. The molecule has 0 spiro atoms. The van der Waals surface area contributed by atoms with Crippen LogP contribution in [0.5, 0.6) is 0 Å². The van der Waals surface area contributed by atoms with Crippen LogP contribution < -0.4 is 0 Å². The number of aromatic nitrogens is 2. The fourth-order valence-corrected chi connectivity index (χ4v) is 3.51. The summed E-state index contributed by atoms with van der Waals surface area (Å²) in [6, 6.07) is 10.5. The molecule has 5 nitrogen and oxygen atoms in total. The van der Waals surface area contributed by atoms with Gasteiger partial charge in [0, 0.05) is 52.6 Å². The minimum absolute atomic E-state index is 0.249. The first-order valence-corrected chi connectivity index (χ1v) is 9.34. The molecule has 0 aliphatic carbocycles. The summed E-state index contributed by atoms with van der Waals surface area (Å²) in [4.78, 5) is 22.2. The standard InChI is InChI=1S/C22H25N3O2/c1-14-5-6-16(12-23-14)15-7-8-19-17(11-15)18-13-25(10-9-20(18)24-19)21(26)27-22(2,3)4/h5-8,11-12,24H,9-10,13H2,1-4H3. The van der Waals surface area contributed by atoms with Gasteiger partial charge in [-0.3, -0.25) is 4.98 Å². The van der Waals surface area contributed by atoms with Gasteiger partial charge in [-0.25, -0.2) is 4.79 Å². The van der Waals surface area contributed by atoms with E-state index in [2.05, 4.69) is 34.2 Å². The molecule has 0 bridgehead atoms. The van der Waals surface area contributed by atoms with Gasteiger partial charge in [0.05, 0.1) is 6.54 Å². The van der Waals surface area contributed by atoms with Gasteiger partial charge < -0.3 is 14.6 Å². The summed E-state index contributed by atoms with van der Waals surface area (Å²) < 4.78 is 5.55. The molecule has 0 unspecified atom stereocenters. The van der Waals surface area contributed by atoms with Crippen molar-refractivity contribution in [2.75, 3.05) is 6.54 Å². The van der Waals surface area contributed by atoms with Gasteiger partial charge >= 0.3 is 6.09 Å². The lowest BCUT2D eigenvalue weighted by Crippen LogP contribution is -2.39. The fourth-order valence-electron chi connectivity index (χ4n) is 3.51. The number of hydrogen-bond acceptors (Lipinski definition) is 3. The van der Waals surface area contributed by atoms with Crippen molar-refractivity contribution in [1.82, 2.24) is 14.9 Å². The SMILES string of the molecule is Cc1ccc(-c2ccc3[nH]c4c(c3c2)CN(C(=O)OC(C)(C)C)CC4)cn1. The van der Waals surface area contributed by atoms with Crippen molar-refractivity contribution in [3.63, 3.8) is 0 Å². The van der Waals surface area contributed by atoms with E-state index in [1.54, 1.807) is 4.90 Å². The van der Waals surface area contributed by atoms with Gasteiger partial charge in [0.2, 0.25) is 0 Å². The quantitative estimate of drug-likeness (QED) is 0.673. The number of nitrogens with one attached hydrogen (secondary N) is 1. The summed E-state index contributed by atoms with van der Waals surface area (Å²) in [6.07, 6.45) is 2.47. The first-order chi connectivity index (χ1) is 12.8. The third-order valence-electron chi connectivity index (χ3n) is 4.87. The molecule has 4 rings (SSSR count). The van der Waals surface area contributed by atoms with Crippen LogP contribution in [0.3, 0.4) is 0 Å².